The van der Waals surface area contributed by atoms with Gasteiger partial charge in [-0.25, -0.2) is 4.79 Å². The molecule has 1 unspecified atom stereocenters. The van der Waals surface area contributed by atoms with Crippen LogP contribution in [0.25, 0.3) is 6.08 Å². The van der Waals surface area contributed by atoms with E-state index in [1.807, 2.05) is 11.4 Å². The number of barbiturate groups is 1. The maximum absolute atomic E-state index is 12.5. The minimum Gasteiger partial charge on any atom is -0.434 e. The fraction of sp³-hybridized carbons (Fsp3) is 0.250. The first-order valence-corrected chi connectivity index (χ1v) is 7.00. The lowest BCUT2D eigenvalue weighted by molar-refractivity contribution is -0.174. The number of hydrogen-bond acceptors (Lipinski definition) is 5. The Balaban J connectivity index is 2.45. The molecule has 0 radical (unpaired) electrons. The topological polar surface area (TPSA) is 92.8 Å². The fourth-order valence-corrected chi connectivity index (χ4v) is 2.01. The minimum absolute atomic E-state index is 0.0147. The molecule has 0 aromatic heterocycles. The van der Waals surface area contributed by atoms with E-state index in [1.54, 1.807) is 24.3 Å². The van der Waals surface area contributed by atoms with Crippen LogP contribution >= 0.6 is 0 Å². The Bertz CT molecular complexity index is 683. The summed E-state index contributed by atoms with van der Waals surface area (Å²) in [6, 6.07) is 8.02. The van der Waals surface area contributed by atoms with E-state index in [-0.39, 0.29) is 6.42 Å². The number of ether oxygens (including phenoxy) is 1. The average molecular weight is 316 g/mol. The highest BCUT2D eigenvalue weighted by Gasteiger charge is 2.54. The molecule has 0 spiro atoms. The third kappa shape index (κ3) is 3.13. The molecule has 0 saturated carbocycles. The molecule has 7 heteroatoms. The van der Waals surface area contributed by atoms with Crippen molar-refractivity contribution in [1.29, 1.82) is 0 Å². The Morgan fingerprint density at radius 3 is 2.52 bits per heavy atom. The van der Waals surface area contributed by atoms with Gasteiger partial charge in [0.15, 0.2) is 0 Å². The first-order valence-electron chi connectivity index (χ1n) is 7.00. The summed E-state index contributed by atoms with van der Waals surface area (Å²) in [5.41, 5.74) is -1.48. The second-order valence-electron chi connectivity index (χ2n) is 4.93. The summed E-state index contributed by atoms with van der Waals surface area (Å²) in [6.45, 7) is 1.54. The van der Waals surface area contributed by atoms with E-state index in [2.05, 4.69) is 0 Å². The maximum Gasteiger partial charge on any atom is 0.330 e. The van der Waals surface area contributed by atoms with E-state index < -0.39 is 29.4 Å². The number of amides is 4. The van der Waals surface area contributed by atoms with E-state index in [0.29, 0.717) is 10.5 Å². The Kier molecular flexibility index (Phi) is 4.59. The molecule has 1 saturated heterocycles. The van der Waals surface area contributed by atoms with Crippen molar-refractivity contribution in [2.75, 3.05) is 7.05 Å². The van der Waals surface area contributed by atoms with E-state index >= 15 is 0 Å². The lowest BCUT2D eigenvalue weighted by atomic mass is 9.96. The predicted octanol–water partition coefficient (Wildman–Crippen LogP) is 1.10. The van der Waals surface area contributed by atoms with Crippen LogP contribution < -0.4 is 5.32 Å². The van der Waals surface area contributed by atoms with Gasteiger partial charge in [0.05, 0.1) is 0 Å². The first kappa shape index (κ1) is 16.4. The lowest BCUT2D eigenvalue weighted by Crippen LogP contribution is -2.67. The SMILES string of the molecule is CCC(=O)OC1(C=Cc2ccccc2)C(=O)NC(=O)N(C)C1=O. The number of nitrogens with zero attached hydrogens (tertiary/aromatic N) is 1. The molecule has 2 rings (SSSR count). The molecular formula is C16H16N2O5. The summed E-state index contributed by atoms with van der Waals surface area (Å²) < 4.78 is 5.11. The monoisotopic (exact) mass is 316 g/mol. The molecule has 1 N–H and O–H groups in total. The zero-order valence-electron chi connectivity index (χ0n) is 12.7. The molecule has 1 atom stereocenters. The third-order valence-corrected chi connectivity index (χ3v) is 3.36. The quantitative estimate of drug-likeness (QED) is 0.663. The largest absolute Gasteiger partial charge is 0.434 e. The highest BCUT2D eigenvalue weighted by molar-refractivity contribution is 6.23. The van der Waals surface area contributed by atoms with Crippen LogP contribution in [0.5, 0.6) is 0 Å². The lowest BCUT2D eigenvalue weighted by Gasteiger charge is -2.34. The standard InChI is InChI=1S/C16H16N2O5/c1-3-12(19)23-16(10-9-11-7-5-4-6-8-11)13(20)17-15(22)18(2)14(16)21/h4-10H,3H2,1-2H3,(H,17,20,22). The van der Waals surface area contributed by atoms with Gasteiger partial charge in [-0.3, -0.25) is 24.6 Å². The van der Waals surface area contributed by atoms with Crippen LogP contribution in [0.1, 0.15) is 18.9 Å². The van der Waals surface area contributed by atoms with Gasteiger partial charge in [-0.1, -0.05) is 43.3 Å². The number of hydrogen-bond donors (Lipinski definition) is 1. The van der Waals surface area contributed by atoms with Crippen LogP contribution in [-0.4, -0.2) is 41.4 Å². The first-order chi connectivity index (χ1) is 10.9. The number of nitrogens with one attached hydrogen (secondary N) is 1. The summed E-state index contributed by atoms with van der Waals surface area (Å²) in [5, 5.41) is 2.01. The number of rotatable bonds is 4. The number of imide groups is 2. The van der Waals surface area contributed by atoms with Gasteiger partial charge in [0.25, 0.3) is 17.4 Å². The molecule has 1 aromatic rings. The molecule has 1 aliphatic heterocycles. The average Bonchev–Trinajstić information content (AvgIpc) is 2.56. The van der Waals surface area contributed by atoms with Crippen LogP contribution in [0.15, 0.2) is 36.4 Å². The molecule has 0 aliphatic carbocycles. The molecular weight excluding hydrogens is 300 g/mol. The molecule has 23 heavy (non-hydrogen) atoms. The Morgan fingerprint density at radius 2 is 1.91 bits per heavy atom. The van der Waals surface area contributed by atoms with E-state index in [4.69, 9.17) is 4.74 Å². The fourth-order valence-electron chi connectivity index (χ4n) is 2.01. The van der Waals surface area contributed by atoms with Crippen LogP contribution in [-0.2, 0) is 19.1 Å². The number of benzene rings is 1. The van der Waals surface area contributed by atoms with Crippen LogP contribution in [0.4, 0.5) is 4.79 Å². The summed E-state index contributed by atoms with van der Waals surface area (Å²) in [4.78, 5) is 48.6. The van der Waals surface area contributed by atoms with Crippen molar-refractivity contribution in [3.8, 4) is 0 Å². The Hall–Kier alpha value is -2.96. The molecule has 120 valence electrons. The number of likely N-dealkylation sites (N-methyl/N-ethyl adjacent to an activating group) is 1. The second-order valence-corrected chi connectivity index (χ2v) is 4.93. The van der Waals surface area contributed by atoms with Gasteiger partial charge in [0, 0.05) is 13.5 Å². The summed E-state index contributed by atoms with van der Waals surface area (Å²) in [5.74, 6) is -2.63. The predicted molar refractivity (Wildman–Crippen MR) is 80.9 cm³/mol. The Morgan fingerprint density at radius 1 is 1.26 bits per heavy atom. The van der Waals surface area contributed by atoms with Crippen molar-refractivity contribution in [1.82, 2.24) is 10.2 Å². The van der Waals surface area contributed by atoms with Gasteiger partial charge in [0.1, 0.15) is 0 Å². The van der Waals surface area contributed by atoms with E-state index in [9.17, 15) is 19.2 Å². The molecule has 4 amide bonds. The molecule has 0 bridgehead atoms. The molecule has 1 heterocycles. The minimum atomic E-state index is -2.19. The van der Waals surface area contributed by atoms with Crippen molar-refractivity contribution in [2.24, 2.45) is 0 Å². The van der Waals surface area contributed by atoms with Gasteiger partial charge < -0.3 is 4.74 Å². The van der Waals surface area contributed by atoms with Crippen LogP contribution in [0, 0.1) is 0 Å². The molecule has 7 nitrogen and oxygen atoms in total. The highest BCUT2D eigenvalue weighted by Crippen LogP contribution is 2.23. The molecule has 1 aliphatic rings. The smallest absolute Gasteiger partial charge is 0.330 e. The highest BCUT2D eigenvalue weighted by atomic mass is 16.6. The van der Waals surface area contributed by atoms with Gasteiger partial charge in [0.2, 0.25) is 0 Å². The van der Waals surface area contributed by atoms with Crippen molar-refractivity contribution in [3.63, 3.8) is 0 Å². The number of carbonyl (C=O) groups excluding carboxylic acids is 4. The third-order valence-electron chi connectivity index (χ3n) is 3.36. The molecule has 1 aromatic carbocycles. The maximum atomic E-state index is 12.5. The normalized spacial score (nSPS) is 21.5. The zero-order valence-corrected chi connectivity index (χ0v) is 12.7. The van der Waals surface area contributed by atoms with Crippen molar-refractivity contribution < 1.29 is 23.9 Å². The summed E-state index contributed by atoms with van der Waals surface area (Å²) >= 11 is 0. The summed E-state index contributed by atoms with van der Waals surface area (Å²) in [6.07, 6.45) is 2.67. The van der Waals surface area contributed by atoms with Gasteiger partial charge >= 0.3 is 12.0 Å². The number of carbonyl (C=O) groups is 4. The Labute approximate surface area is 132 Å². The van der Waals surface area contributed by atoms with Crippen LogP contribution in [0.3, 0.4) is 0 Å². The van der Waals surface area contributed by atoms with Crippen LogP contribution in [0.2, 0.25) is 0 Å². The van der Waals surface area contributed by atoms with E-state index in [1.165, 1.54) is 26.1 Å². The zero-order chi connectivity index (χ0) is 17.0. The number of urea groups is 1. The summed E-state index contributed by atoms with van der Waals surface area (Å²) in [7, 11) is 1.20. The van der Waals surface area contributed by atoms with Crippen molar-refractivity contribution in [2.45, 2.75) is 18.9 Å². The van der Waals surface area contributed by atoms with Gasteiger partial charge in [-0.05, 0) is 11.6 Å². The van der Waals surface area contributed by atoms with Gasteiger partial charge in [-0.2, -0.15) is 0 Å². The number of esters is 1. The van der Waals surface area contributed by atoms with E-state index in [0.717, 1.165) is 0 Å². The molecule has 1 fully saturated rings. The second kappa shape index (κ2) is 6.43. The van der Waals surface area contributed by atoms with Crippen molar-refractivity contribution in [3.05, 3.63) is 42.0 Å². The van der Waals surface area contributed by atoms with Gasteiger partial charge in [-0.15, -0.1) is 0 Å². The van der Waals surface area contributed by atoms with Crippen molar-refractivity contribution >= 4 is 29.9 Å².